The number of hydrogen-bond acceptors (Lipinski definition) is 3. The van der Waals surface area contributed by atoms with Crippen LogP contribution in [0.2, 0.25) is 0 Å². The van der Waals surface area contributed by atoms with E-state index in [9.17, 15) is 4.79 Å². The summed E-state index contributed by atoms with van der Waals surface area (Å²) in [6.45, 7) is 5.14. The molecule has 0 aromatic rings. The Hall–Kier alpha value is -0.220. The molecule has 3 nitrogen and oxygen atoms in total. The maximum atomic E-state index is 11.3. The molecule has 0 rings (SSSR count). The summed E-state index contributed by atoms with van der Waals surface area (Å²) in [4.78, 5) is 11.3. The molecule has 0 aliphatic carbocycles. The Labute approximate surface area is 84.8 Å². The van der Waals surface area contributed by atoms with Crippen LogP contribution in [0.4, 0.5) is 0 Å². The first-order valence-electron chi connectivity index (χ1n) is 4.58. The van der Waals surface area contributed by atoms with Crippen molar-refractivity contribution in [3.8, 4) is 0 Å². The molecule has 0 aliphatic rings. The second-order valence-electron chi connectivity index (χ2n) is 3.44. The van der Waals surface area contributed by atoms with Crippen LogP contribution >= 0.6 is 11.8 Å². The predicted octanol–water partition coefficient (Wildman–Crippen LogP) is 0.697. The van der Waals surface area contributed by atoms with E-state index < -0.39 is 0 Å². The number of nitrogens with one attached hydrogen (secondary N) is 1. The van der Waals surface area contributed by atoms with Crippen molar-refractivity contribution in [3.05, 3.63) is 0 Å². The average Bonchev–Trinajstić information content (AvgIpc) is 2.13. The van der Waals surface area contributed by atoms with E-state index in [-0.39, 0.29) is 11.8 Å². The molecule has 2 atom stereocenters. The van der Waals surface area contributed by atoms with E-state index in [1.807, 2.05) is 6.92 Å². The molecule has 0 saturated carbocycles. The third kappa shape index (κ3) is 5.93. The lowest BCUT2D eigenvalue weighted by Crippen LogP contribution is -2.36. The molecule has 1 amide bonds. The molecule has 78 valence electrons. The van der Waals surface area contributed by atoms with E-state index in [1.54, 1.807) is 11.8 Å². The molecule has 0 heterocycles. The fraction of sp³-hybridized carbons (Fsp3) is 0.889. The van der Waals surface area contributed by atoms with Crippen LogP contribution in [0.1, 0.15) is 13.8 Å². The van der Waals surface area contributed by atoms with Gasteiger partial charge in [0.15, 0.2) is 0 Å². The van der Waals surface area contributed by atoms with Crippen molar-refractivity contribution in [3.63, 3.8) is 0 Å². The molecule has 0 fully saturated rings. The number of thioether (sulfide) groups is 1. The van der Waals surface area contributed by atoms with Gasteiger partial charge in [0.2, 0.25) is 5.91 Å². The normalized spacial score (nSPS) is 15.1. The molecule has 0 spiro atoms. The van der Waals surface area contributed by atoms with Crippen LogP contribution in [0, 0.1) is 11.8 Å². The summed E-state index contributed by atoms with van der Waals surface area (Å²) >= 11 is 1.80. The first kappa shape index (κ1) is 12.8. The van der Waals surface area contributed by atoms with Gasteiger partial charge < -0.3 is 11.1 Å². The van der Waals surface area contributed by atoms with Gasteiger partial charge in [0, 0.05) is 19.0 Å². The zero-order valence-corrected chi connectivity index (χ0v) is 9.49. The second-order valence-corrected chi connectivity index (χ2v) is 4.35. The van der Waals surface area contributed by atoms with Crippen molar-refractivity contribution in [2.24, 2.45) is 17.6 Å². The van der Waals surface area contributed by atoms with Gasteiger partial charge in [-0.2, -0.15) is 11.8 Å². The molecular formula is C9H20N2OS. The first-order valence-corrected chi connectivity index (χ1v) is 5.97. The van der Waals surface area contributed by atoms with Gasteiger partial charge in [0.25, 0.3) is 0 Å². The molecule has 2 unspecified atom stereocenters. The lowest BCUT2D eigenvalue weighted by molar-refractivity contribution is -0.124. The summed E-state index contributed by atoms with van der Waals surface area (Å²) in [5.74, 6) is 1.61. The lowest BCUT2D eigenvalue weighted by Gasteiger charge is -2.13. The topological polar surface area (TPSA) is 55.1 Å². The van der Waals surface area contributed by atoms with Crippen LogP contribution in [0.15, 0.2) is 0 Å². The Morgan fingerprint density at radius 1 is 1.54 bits per heavy atom. The van der Waals surface area contributed by atoms with Crippen molar-refractivity contribution in [1.82, 2.24) is 5.32 Å². The Kier molecular flexibility index (Phi) is 7.09. The Balaban J connectivity index is 3.57. The van der Waals surface area contributed by atoms with Gasteiger partial charge in [0.05, 0.1) is 0 Å². The van der Waals surface area contributed by atoms with Crippen molar-refractivity contribution in [2.45, 2.75) is 13.8 Å². The summed E-state index contributed by atoms with van der Waals surface area (Å²) in [6, 6.07) is 0. The van der Waals surface area contributed by atoms with Crippen LogP contribution in [0.3, 0.4) is 0 Å². The highest BCUT2D eigenvalue weighted by atomic mass is 32.2. The van der Waals surface area contributed by atoms with Crippen molar-refractivity contribution in [2.75, 3.05) is 25.1 Å². The van der Waals surface area contributed by atoms with Gasteiger partial charge in [-0.25, -0.2) is 0 Å². The fourth-order valence-corrected chi connectivity index (χ4v) is 1.59. The Morgan fingerprint density at radius 3 is 2.62 bits per heavy atom. The third-order valence-electron chi connectivity index (χ3n) is 1.88. The van der Waals surface area contributed by atoms with E-state index in [4.69, 9.17) is 5.73 Å². The second kappa shape index (κ2) is 7.21. The van der Waals surface area contributed by atoms with Crippen LogP contribution in [0.25, 0.3) is 0 Å². The fourth-order valence-electron chi connectivity index (χ4n) is 0.900. The molecule has 4 heteroatoms. The molecule has 13 heavy (non-hydrogen) atoms. The van der Waals surface area contributed by atoms with Gasteiger partial charge in [-0.05, 0) is 17.9 Å². The molecule has 0 aromatic heterocycles. The van der Waals surface area contributed by atoms with E-state index >= 15 is 0 Å². The maximum Gasteiger partial charge on any atom is 0.224 e. The van der Waals surface area contributed by atoms with Crippen molar-refractivity contribution in [1.29, 1.82) is 0 Å². The number of hydrogen-bond donors (Lipinski definition) is 2. The largest absolute Gasteiger partial charge is 0.356 e. The number of carbonyl (C=O) groups excluding carboxylic acids is 1. The van der Waals surface area contributed by atoms with E-state index in [1.165, 1.54) is 0 Å². The van der Waals surface area contributed by atoms with Gasteiger partial charge in [0.1, 0.15) is 0 Å². The van der Waals surface area contributed by atoms with E-state index in [2.05, 4.69) is 18.5 Å². The summed E-state index contributed by atoms with van der Waals surface area (Å²) < 4.78 is 0. The average molecular weight is 204 g/mol. The lowest BCUT2D eigenvalue weighted by atomic mass is 10.1. The van der Waals surface area contributed by atoms with Crippen LogP contribution in [0.5, 0.6) is 0 Å². The standard InChI is InChI=1S/C9H20N2OS/c1-7(6-13-3)5-11-9(12)8(2)4-10/h7-8H,4-6,10H2,1-3H3,(H,11,12). The Bertz CT molecular complexity index is 153. The molecule has 0 bridgehead atoms. The molecule has 0 saturated heterocycles. The SMILES string of the molecule is CSCC(C)CNC(=O)C(C)CN. The highest BCUT2D eigenvalue weighted by Gasteiger charge is 2.10. The zero-order valence-electron chi connectivity index (χ0n) is 8.67. The summed E-state index contributed by atoms with van der Waals surface area (Å²) in [5, 5.41) is 2.89. The third-order valence-corrected chi connectivity index (χ3v) is 2.78. The minimum absolute atomic E-state index is 0.0652. The summed E-state index contributed by atoms with van der Waals surface area (Å²) in [5.41, 5.74) is 5.37. The smallest absolute Gasteiger partial charge is 0.224 e. The predicted molar refractivity (Wildman–Crippen MR) is 58.8 cm³/mol. The van der Waals surface area contributed by atoms with Crippen LogP contribution < -0.4 is 11.1 Å². The summed E-state index contributed by atoms with van der Waals surface area (Å²) in [6.07, 6.45) is 2.07. The zero-order chi connectivity index (χ0) is 10.3. The molecular weight excluding hydrogens is 184 g/mol. The quantitative estimate of drug-likeness (QED) is 0.669. The van der Waals surface area contributed by atoms with E-state index in [0.717, 1.165) is 12.3 Å². The molecule has 0 radical (unpaired) electrons. The first-order chi connectivity index (χ1) is 6.11. The summed E-state index contributed by atoms with van der Waals surface area (Å²) in [7, 11) is 0. The maximum absolute atomic E-state index is 11.3. The van der Waals surface area contributed by atoms with Crippen molar-refractivity contribution < 1.29 is 4.79 Å². The highest BCUT2D eigenvalue weighted by Crippen LogP contribution is 2.03. The van der Waals surface area contributed by atoms with Gasteiger partial charge in [-0.1, -0.05) is 13.8 Å². The highest BCUT2D eigenvalue weighted by molar-refractivity contribution is 7.98. The number of rotatable bonds is 6. The van der Waals surface area contributed by atoms with Crippen LogP contribution in [-0.2, 0) is 4.79 Å². The van der Waals surface area contributed by atoms with Crippen LogP contribution in [-0.4, -0.2) is 31.0 Å². The number of carbonyl (C=O) groups is 1. The minimum Gasteiger partial charge on any atom is -0.356 e. The Morgan fingerprint density at radius 2 is 2.15 bits per heavy atom. The van der Waals surface area contributed by atoms with E-state index in [0.29, 0.717) is 12.5 Å². The van der Waals surface area contributed by atoms with Gasteiger partial charge in [-0.3, -0.25) is 4.79 Å². The minimum atomic E-state index is -0.0681. The van der Waals surface area contributed by atoms with Crippen molar-refractivity contribution >= 4 is 17.7 Å². The van der Waals surface area contributed by atoms with Gasteiger partial charge >= 0.3 is 0 Å². The molecule has 0 aliphatic heterocycles. The van der Waals surface area contributed by atoms with Gasteiger partial charge in [-0.15, -0.1) is 0 Å². The number of nitrogens with two attached hydrogens (primary N) is 1. The molecule has 3 N–H and O–H groups in total. The number of amides is 1. The monoisotopic (exact) mass is 204 g/mol. The molecule has 0 aromatic carbocycles.